The standard InChI is InChI=1S/C8H10N2O/c1-5-7(6-2-3-6)4-8(11)10-9-5/h4,6H,2-3H2,1H3,(H,10,11). The van der Waals surface area contributed by atoms with Crippen LogP contribution in [-0.2, 0) is 0 Å². The van der Waals surface area contributed by atoms with Gasteiger partial charge < -0.3 is 0 Å². The van der Waals surface area contributed by atoms with Crippen molar-refractivity contribution in [2.24, 2.45) is 0 Å². The van der Waals surface area contributed by atoms with Crippen molar-refractivity contribution in [2.45, 2.75) is 25.7 Å². The first kappa shape index (κ1) is 6.58. The van der Waals surface area contributed by atoms with Crippen LogP contribution in [0.25, 0.3) is 0 Å². The van der Waals surface area contributed by atoms with Gasteiger partial charge in [0.25, 0.3) is 5.56 Å². The molecule has 3 heteroatoms. The van der Waals surface area contributed by atoms with E-state index in [9.17, 15) is 4.79 Å². The van der Waals surface area contributed by atoms with Crippen molar-refractivity contribution in [3.8, 4) is 0 Å². The first-order chi connectivity index (χ1) is 5.27. The van der Waals surface area contributed by atoms with Crippen molar-refractivity contribution in [1.82, 2.24) is 10.2 Å². The van der Waals surface area contributed by atoms with Crippen molar-refractivity contribution in [2.75, 3.05) is 0 Å². The molecule has 1 N–H and O–H groups in total. The second kappa shape index (κ2) is 2.19. The van der Waals surface area contributed by atoms with Gasteiger partial charge in [0, 0.05) is 6.07 Å². The summed E-state index contributed by atoms with van der Waals surface area (Å²) in [6.45, 7) is 1.93. The molecule has 3 nitrogen and oxygen atoms in total. The van der Waals surface area contributed by atoms with Crippen molar-refractivity contribution in [3.63, 3.8) is 0 Å². The minimum Gasteiger partial charge on any atom is -0.268 e. The average molecular weight is 150 g/mol. The Morgan fingerprint density at radius 1 is 1.64 bits per heavy atom. The maximum absolute atomic E-state index is 10.9. The molecule has 0 atom stereocenters. The molecular formula is C8H10N2O. The third kappa shape index (κ3) is 1.18. The van der Waals surface area contributed by atoms with E-state index < -0.39 is 0 Å². The molecule has 0 amide bonds. The molecule has 0 aliphatic heterocycles. The highest BCUT2D eigenvalue weighted by molar-refractivity contribution is 5.24. The molecule has 0 spiro atoms. The van der Waals surface area contributed by atoms with Gasteiger partial charge >= 0.3 is 0 Å². The minimum absolute atomic E-state index is 0.0856. The van der Waals surface area contributed by atoms with E-state index in [1.807, 2.05) is 6.92 Å². The summed E-state index contributed by atoms with van der Waals surface area (Å²) in [4.78, 5) is 10.9. The van der Waals surface area contributed by atoms with Crippen LogP contribution >= 0.6 is 0 Å². The number of aryl methyl sites for hydroxylation is 1. The Bertz CT molecular complexity index is 325. The van der Waals surface area contributed by atoms with E-state index in [0.29, 0.717) is 5.92 Å². The van der Waals surface area contributed by atoms with Crippen LogP contribution in [0.2, 0.25) is 0 Å². The lowest BCUT2D eigenvalue weighted by Gasteiger charge is -1.98. The summed E-state index contributed by atoms with van der Waals surface area (Å²) < 4.78 is 0. The first-order valence-electron chi connectivity index (χ1n) is 3.83. The zero-order chi connectivity index (χ0) is 7.84. The predicted octanol–water partition coefficient (Wildman–Crippen LogP) is 0.956. The summed E-state index contributed by atoms with van der Waals surface area (Å²) in [6.07, 6.45) is 2.43. The number of aromatic amines is 1. The van der Waals surface area contributed by atoms with E-state index in [-0.39, 0.29) is 5.56 Å². The van der Waals surface area contributed by atoms with Crippen LogP contribution in [0, 0.1) is 6.92 Å². The molecule has 11 heavy (non-hydrogen) atoms. The lowest BCUT2D eigenvalue weighted by molar-refractivity contribution is 0.900. The molecule has 1 aromatic heterocycles. The number of rotatable bonds is 1. The zero-order valence-electron chi connectivity index (χ0n) is 6.42. The Kier molecular flexibility index (Phi) is 1.31. The van der Waals surface area contributed by atoms with Crippen LogP contribution in [0.1, 0.15) is 30.0 Å². The van der Waals surface area contributed by atoms with Crippen molar-refractivity contribution in [3.05, 3.63) is 27.7 Å². The van der Waals surface area contributed by atoms with E-state index in [1.165, 1.54) is 12.8 Å². The van der Waals surface area contributed by atoms with Crippen LogP contribution in [0.3, 0.4) is 0 Å². The lowest BCUT2D eigenvalue weighted by atomic mass is 10.1. The molecule has 58 valence electrons. The second-order valence-corrected chi connectivity index (χ2v) is 3.05. The summed E-state index contributed by atoms with van der Waals surface area (Å²) in [5, 5.41) is 6.32. The first-order valence-corrected chi connectivity index (χ1v) is 3.83. The van der Waals surface area contributed by atoms with E-state index in [4.69, 9.17) is 0 Å². The fraction of sp³-hybridized carbons (Fsp3) is 0.500. The Hall–Kier alpha value is -1.12. The molecule has 0 aromatic carbocycles. The third-order valence-corrected chi connectivity index (χ3v) is 2.06. The Balaban J connectivity index is 2.50. The van der Waals surface area contributed by atoms with Crippen LogP contribution in [0.15, 0.2) is 10.9 Å². The highest BCUT2D eigenvalue weighted by Crippen LogP contribution is 2.40. The van der Waals surface area contributed by atoms with Gasteiger partial charge in [-0.2, -0.15) is 5.10 Å². The topological polar surface area (TPSA) is 45.8 Å². The Morgan fingerprint density at radius 2 is 2.36 bits per heavy atom. The molecule has 0 bridgehead atoms. The van der Waals surface area contributed by atoms with Crippen LogP contribution in [0.4, 0.5) is 0 Å². The molecule has 0 unspecified atom stereocenters. The second-order valence-electron chi connectivity index (χ2n) is 3.05. The third-order valence-electron chi connectivity index (χ3n) is 2.06. The molecule has 0 radical (unpaired) electrons. The van der Waals surface area contributed by atoms with Gasteiger partial charge in [0.2, 0.25) is 0 Å². The Morgan fingerprint density at radius 3 is 3.00 bits per heavy atom. The molecule has 1 heterocycles. The SMILES string of the molecule is Cc1n[nH]c(=O)cc1C1CC1. The number of nitrogens with zero attached hydrogens (tertiary/aromatic N) is 1. The van der Waals surface area contributed by atoms with Gasteiger partial charge in [-0.25, -0.2) is 5.10 Å². The Labute approximate surface area is 64.5 Å². The van der Waals surface area contributed by atoms with Crippen LogP contribution < -0.4 is 5.56 Å². The number of nitrogens with one attached hydrogen (secondary N) is 1. The monoisotopic (exact) mass is 150 g/mol. The van der Waals surface area contributed by atoms with Crippen LogP contribution in [0.5, 0.6) is 0 Å². The molecule has 1 aromatic rings. The maximum atomic E-state index is 10.9. The predicted molar refractivity (Wildman–Crippen MR) is 41.6 cm³/mol. The number of hydrogen-bond acceptors (Lipinski definition) is 2. The normalized spacial score (nSPS) is 16.8. The molecule has 1 aliphatic rings. The molecule has 2 rings (SSSR count). The smallest absolute Gasteiger partial charge is 0.264 e. The summed E-state index contributed by atoms with van der Waals surface area (Å²) >= 11 is 0. The molecule has 1 aliphatic carbocycles. The summed E-state index contributed by atoms with van der Waals surface area (Å²) in [5.41, 5.74) is 2.01. The number of aromatic nitrogens is 2. The fourth-order valence-corrected chi connectivity index (χ4v) is 1.29. The van der Waals surface area contributed by atoms with Gasteiger partial charge in [-0.15, -0.1) is 0 Å². The lowest BCUT2D eigenvalue weighted by Crippen LogP contribution is -2.09. The number of H-pyrrole nitrogens is 1. The molecule has 1 fully saturated rings. The van der Waals surface area contributed by atoms with Crippen LogP contribution in [-0.4, -0.2) is 10.2 Å². The molecule has 1 saturated carbocycles. The van der Waals surface area contributed by atoms with Crippen molar-refractivity contribution >= 4 is 0 Å². The quantitative estimate of drug-likeness (QED) is 0.648. The van der Waals surface area contributed by atoms with Gasteiger partial charge in [-0.3, -0.25) is 4.79 Å². The minimum atomic E-state index is -0.0856. The van der Waals surface area contributed by atoms with E-state index in [1.54, 1.807) is 6.07 Å². The maximum Gasteiger partial charge on any atom is 0.264 e. The fourth-order valence-electron chi connectivity index (χ4n) is 1.29. The van der Waals surface area contributed by atoms with Crippen molar-refractivity contribution in [1.29, 1.82) is 0 Å². The van der Waals surface area contributed by atoms with E-state index in [2.05, 4.69) is 10.2 Å². The molecule has 0 saturated heterocycles. The zero-order valence-corrected chi connectivity index (χ0v) is 6.42. The largest absolute Gasteiger partial charge is 0.268 e. The summed E-state index contributed by atoms with van der Waals surface area (Å²) in [5.74, 6) is 0.616. The number of hydrogen-bond donors (Lipinski definition) is 1. The van der Waals surface area contributed by atoms with E-state index in [0.717, 1.165) is 11.3 Å². The van der Waals surface area contributed by atoms with Gasteiger partial charge in [-0.05, 0) is 31.2 Å². The highest BCUT2D eigenvalue weighted by Gasteiger charge is 2.25. The summed E-state index contributed by atoms with van der Waals surface area (Å²) in [6, 6.07) is 1.67. The molecular weight excluding hydrogens is 140 g/mol. The van der Waals surface area contributed by atoms with E-state index >= 15 is 0 Å². The van der Waals surface area contributed by atoms with Gasteiger partial charge in [0.15, 0.2) is 0 Å². The van der Waals surface area contributed by atoms with Gasteiger partial charge in [-0.1, -0.05) is 0 Å². The average Bonchev–Trinajstić information content (AvgIpc) is 2.76. The van der Waals surface area contributed by atoms with Gasteiger partial charge in [0.1, 0.15) is 0 Å². The summed E-state index contributed by atoms with van der Waals surface area (Å²) in [7, 11) is 0. The highest BCUT2D eigenvalue weighted by atomic mass is 16.1. The van der Waals surface area contributed by atoms with Crippen molar-refractivity contribution < 1.29 is 0 Å². The van der Waals surface area contributed by atoms with Gasteiger partial charge in [0.05, 0.1) is 5.69 Å².